The maximum atomic E-state index is 13.1. The minimum Gasteiger partial charge on any atom is -0.487 e. The molecule has 192 valence electrons. The van der Waals surface area contributed by atoms with Crippen LogP contribution in [0.2, 0.25) is 0 Å². The summed E-state index contributed by atoms with van der Waals surface area (Å²) in [5, 5.41) is 0. The van der Waals surface area contributed by atoms with E-state index >= 15 is 0 Å². The van der Waals surface area contributed by atoms with E-state index in [1.54, 1.807) is 18.4 Å². The number of hydrogen-bond donors (Lipinski definition) is 0. The van der Waals surface area contributed by atoms with E-state index in [1.165, 1.54) is 32.1 Å². The first kappa shape index (κ1) is 26.6. The number of esters is 2. The molecule has 0 unspecified atom stereocenters. The van der Waals surface area contributed by atoms with Crippen molar-refractivity contribution < 1.29 is 28.5 Å². The predicted molar refractivity (Wildman–Crippen MR) is 134 cm³/mol. The molecule has 0 saturated carbocycles. The second-order valence-electron chi connectivity index (χ2n) is 8.91. The Morgan fingerprint density at radius 1 is 0.829 bits per heavy atom. The Kier molecular flexibility index (Phi) is 10.5. The highest BCUT2D eigenvalue weighted by atomic mass is 16.6. The molecule has 7 heteroatoms. The van der Waals surface area contributed by atoms with Crippen LogP contribution in [0.1, 0.15) is 92.3 Å². The number of carbonyl (C=O) groups is 2. The third-order valence-corrected chi connectivity index (χ3v) is 6.19. The van der Waals surface area contributed by atoms with Crippen molar-refractivity contribution in [1.29, 1.82) is 0 Å². The molecule has 3 rings (SSSR count). The average Bonchev–Trinajstić information content (AvgIpc) is 3.01. The molecule has 0 fully saturated rings. The summed E-state index contributed by atoms with van der Waals surface area (Å²) < 4.78 is 24.7. The van der Waals surface area contributed by atoms with Crippen LogP contribution in [0.3, 0.4) is 0 Å². The summed E-state index contributed by atoms with van der Waals surface area (Å²) in [6, 6.07) is 9.62. The Labute approximate surface area is 208 Å². The number of nitrogens with zero attached hydrogens (tertiary/aromatic N) is 1. The number of rotatable bonds is 13. The minimum atomic E-state index is -0.548. The van der Waals surface area contributed by atoms with Gasteiger partial charge in [0, 0.05) is 12.5 Å². The second-order valence-corrected chi connectivity index (χ2v) is 8.91. The van der Waals surface area contributed by atoms with E-state index in [0.717, 1.165) is 18.4 Å². The van der Waals surface area contributed by atoms with Gasteiger partial charge in [0.05, 0.1) is 26.4 Å². The summed E-state index contributed by atoms with van der Waals surface area (Å²) in [5.74, 6) is -0.372. The molecule has 7 nitrogen and oxygen atoms in total. The van der Waals surface area contributed by atoms with E-state index in [2.05, 4.69) is 6.92 Å². The maximum Gasteiger partial charge on any atom is 0.359 e. The van der Waals surface area contributed by atoms with Crippen molar-refractivity contribution in [3.63, 3.8) is 0 Å². The van der Waals surface area contributed by atoms with Crippen LogP contribution in [-0.4, -0.2) is 42.9 Å². The summed E-state index contributed by atoms with van der Waals surface area (Å²) in [4.78, 5) is 26.2. The predicted octanol–water partition coefficient (Wildman–Crippen LogP) is 6.03. The monoisotopic (exact) mass is 485 g/mol. The summed E-state index contributed by atoms with van der Waals surface area (Å²) in [5.41, 5.74) is 1.30. The highest BCUT2D eigenvalue weighted by Crippen LogP contribution is 2.42. The van der Waals surface area contributed by atoms with Crippen LogP contribution in [0.25, 0.3) is 0 Å². The molecule has 0 saturated heterocycles. The summed E-state index contributed by atoms with van der Waals surface area (Å²) in [7, 11) is 0. The van der Waals surface area contributed by atoms with Crippen LogP contribution >= 0.6 is 0 Å². The van der Waals surface area contributed by atoms with Crippen LogP contribution in [0.5, 0.6) is 11.5 Å². The third-order valence-electron chi connectivity index (χ3n) is 6.19. The molecule has 1 aliphatic heterocycles. The van der Waals surface area contributed by atoms with E-state index in [0.29, 0.717) is 13.2 Å². The van der Waals surface area contributed by atoms with E-state index in [1.807, 2.05) is 30.3 Å². The maximum absolute atomic E-state index is 13.1. The number of unbranched alkanes of at least 4 members (excludes halogenated alkanes) is 5. The zero-order valence-electron chi connectivity index (χ0n) is 21.3. The molecule has 2 heterocycles. The molecule has 1 aromatic heterocycles. The fraction of sp³-hybridized carbons (Fsp3) is 0.571. The van der Waals surface area contributed by atoms with Crippen LogP contribution in [0.4, 0.5) is 0 Å². The van der Waals surface area contributed by atoms with Gasteiger partial charge in [0.25, 0.3) is 0 Å². The molecule has 0 atom stereocenters. The van der Waals surface area contributed by atoms with Crippen molar-refractivity contribution in [3.05, 3.63) is 47.3 Å². The SMILES string of the molecule is CCCCCCCCC1COc2c(c(C(=O)OCC)n(Cc3ccccc3)c2C(=O)OCC)OC1. The largest absolute Gasteiger partial charge is 0.487 e. The molecule has 1 aliphatic rings. The Morgan fingerprint density at radius 3 is 1.91 bits per heavy atom. The van der Waals surface area contributed by atoms with Crippen LogP contribution in [0.15, 0.2) is 30.3 Å². The number of benzene rings is 1. The van der Waals surface area contributed by atoms with Crippen molar-refractivity contribution in [1.82, 2.24) is 4.57 Å². The number of fused-ring (bicyclic) bond motifs is 1. The zero-order chi connectivity index (χ0) is 25.0. The smallest absolute Gasteiger partial charge is 0.359 e. The standard InChI is InChI=1S/C28H39NO6/c1-4-7-8-9-10-12-17-22-19-34-25-23(27(30)32-5-2)29(18-21-15-13-11-14-16-21)24(26(25)35-20-22)28(31)33-6-3/h11,13-16,22H,4-10,12,17-20H2,1-3H3. The molecule has 1 aromatic carbocycles. The number of aromatic nitrogens is 1. The van der Waals surface area contributed by atoms with Gasteiger partial charge in [-0.2, -0.15) is 0 Å². The van der Waals surface area contributed by atoms with Crippen molar-refractivity contribution in [2.24, 2.45) is 5.92 Å². The first-order chi connectivity index (χ1) is 17.1. The molecule has 35 heavy (non-hydrogen) atoms. The lowest BCUT2D eigenvalue weighted by atomic mass is 10.0. The van der Waals surface area contributed by atoms with Gasteiger partial charge in [-0.25, -0.2) is 9.59 Å². The lowest BCUT2D eigenvalue weighted by Gasteiger charge is -2.16. The van der Waals surface area contributed by atoms with E-state index in [4.69, 9.17) is 18.9 Å². The quantitative estimate of drug-likeness (QED) is 0.255. The Hall–Kier alpha value is -2.96. The molecule has 0 radical (unpaired) electrons. The number of ether oxygens (including phenoxy) is 4. The normalized spacial score (nSPS) is 13.3. The fourth-order valence-electron chi connectivity index (χ4n) is 4.40. The van der Waals surface area contributed by atoms with Gasteiger partial charge in [-0.3, -0.25) is 0 Å². The zero-order valence-corrected chi connectivity index (χ0v) is 21.3. The summed E-state index contributed by atoms with van der Waals surface area (Å²) in [6.07, 6.45) is 8.31. The van der Waals surface area contributed by atoms with Crippen molar-refractivity contribution >= 4 is 11.9 Å². The van der Waals surface area contributed by atoms with Gasteiger partial charge in [0.2, 0.25) is 0 Å². The lowest BCUT2D eigenvalue weighted by molar-refractivity contribution is 0.0498. The first-order valence-electron chi connectivity index (χ1n) is 13.0. The lowest BCUT2D eigenvalue weighted by Crippen LogP contribution is -2.22. The van der Waals surface area contributed by atoms with Gasteiger partial charge in [-0.15, -0.1) is 0 Å². The first-order valence-corrected chi connectivity index (χ1v) is 13.0. The highest BCUT2D eigenvalue weighted by molar-refractivity contribution is 6.00. The molecular weight excluding hydrogens is 446 g/mol. The van der Waals surface area contributed by atoms with Gasteiger partial charge < -0.3 is 23.5 Å². The topological polar surface area (TPSA) is 76.0 Å². The summed E-state index contributed by atoms with van der Waals surface area (Å²) in [6.45, 7) is 7.27. The van der Waals surface area contributed by atoms with Gasteiger partial charge in [0.1, 0.15) is 0 Å². The number of hydrogen-bond acceptors (Lipinski definition) is 6. The van der Waals surface area contributed by atoms with Gasteiger partial charge in [0.15, 0.2) is 22.9 Å². The molecule has 0 aliphatic carbocycles. The van der Waals surface area contributed by atoms with E-state index in [9.17, 15) is 9.59 Å². The molecular formula is C28H39NO6. The van der Waals surface area contributed by atoms with Gasteiger partial charge >= 0.3 is 11.9 Å². The van der Waals surface area contributed by atoms with Gasteiger partial charge in [-0.1, -0.05) is 75.8 Å². The number of carbonyl (C=O) groups excluding carboxylic acids is 2. The van der Waals surface area contributed by atoms with Crippen molar-refractivity contribution in [2.45, 2.75) is 72.3 Å². The Balaban J connectivity index is 1.89. The molecule has 0 N–H and O–H groups in total. The molecule has 2 aromatic rings. The van der Waals surface area contributed by atoms with Gasteiger partial charge in [-0.05, 0) is 25.8 Å². The highest BCUT2D eigenvalue weighted by Gasteiger charge is 2.37. The fourth-order valence-corrected chi connectivity index (χ4v) is 4.40. The Morgan fingerprint density at radius 2 is 1.37 bits per heavy atom. The van der Waals surface area contributed by atoms with Crippen LogP contribution in [0, 0.1) is 5.92 Å². The Bertz CT molecular complexity index is 905. The molecule has 0 bridgehead atoms. The van der Waals surface area contributed by atoms with Crippen LogP contribution < -0.4 is 9.47 Å². The molecule has 0 spiro atoms. The van der Waals surface area contributed by atoms with E-state index in [-0.39, 0.29) is 48.6 Å². The van der Waals surface area contributed by atoms with Crippen LogP contribution in [-0.2, 0) is 16.0 Å². The van der Waals surface area contributed by atoms with Crippen molar-refractivity contribution in [2.75, 3.05) is 26.4 Å². The average molecular weight is 486 g/mol. The van der Waals surface area contributed by atoms with Crippen molar-refractivity contribution in [3.8, 4) is 11.5 Å². The van der Waals surface area contributed by atoms with E-state index < -0.39 is 11.9 Å². The molecule has 0 amide bonds. The third kappa shape index (κ3) is 7.03. The minimum absolute atomic E-state index is 0.182. The second kappa shape index (κ2) is 13.8. The summed E-state index contributed by atoms with van der Waals surface area (Å²) >= 11 is 0.